The fourth-order valence-electron chi connectivity index (χ4n) is 7.06. The van der Waals surface area contributed by atoms with Gasteiger partial charge in [0.05, 0.1) is 18.4 Å². The molecule has 41 heavy (non-hydrogen) atoms. The largest absolute Gasteiger partial charge is 0.490 e. The van der Waals surface area contributed by atoms with Crippen LogP contribution in [0.3, 0.4) is 0 Å². The van der Waals surface area contributed by atoms with Crippen molar-refractivity contribution in [3.05, 3.63) is 70.3 Å². The number of halogens is 1. The van der Waals surface area contributed by atoms with Gasteiger partial charge in [-0.05, 0) is 91.5 Å². The van der Waals surface area contributed by atoms with Crippen LogP contribution in [0.2, 0.25) is 5.02 Å². The summed E-state index contributed by atoms with van der Waals surface area (Å²) < 4.78 is 29.2. The van der Waals surface area contributed by atoms with Crippen molar-refractivity contribution in [1.29, 1.82) is 0 Å². The maximum atomic E-state index is 13.1. The van der Waals surface area contributed by atoms with E-state index in [9.17, 15) is 13.8 Å². The van der Waals surface area contributed by atoms with Crippen molar-refractivity contribution < 1.29 is 23.3 Å². The second kappa shape index (κ2) is 11.5. The monoisotopic (exact) mass is 596 g/mol. The average Bonchev–Trinajstić information content (AvgIpc) is 3.09. The maximum Gasteiger partial charge on any atom is 0.284 e. The number of allylic oxidation sites excluding steroid dienone is 1. The molecule has 0 radical (unpaired) electrons. The molecule has 6 atom stereocenters. The summed E-state index contributed by atoms with van der Waals surface area (Å²) in [7, 11) is -0.538. The number of ether oxygens (including phenoxy) is 2. The third-order valence-electron chi connectivity index (χ3n) is 9.48. The first-order chi connectivity index (χ1) is 19.8. The van der Waals surface area contributed by atoms with E-state index in [1.165, 1.54) is 11.1 Å². The van der Waals surface area contributed by atoms with Crippen LogP contribution in [-0.4, -0.2) is 54.6 Å². The van der Waals surface area contributed by atoms with E-state index < -0.39 is 22.4 Å². The van der Waals surface area contributed by atoms with Gasteiger partial charge in [0.2, 0.25) is 0 Å². The topological polar surface area (TPSA) is 85.3 Å². The van der Waals surface area contributed by atoms with Crippen LogP contribution in [0.5, 0.6) is 5.75 Å². The van der Waals surface area contributed by atoms with E-state index in [1.807, 2.05) is 24.3 Å². The number of fused-ring (bicyclic) bond motifs is 4. The standard InChI is InChI=1S/C32H37ClN2O5S/c1-20-17-41(38)34-31(37)22-6-11-30-27(15-22)35(16-23-5-8-25(23)29(39-2)12-10-28(20)36)18-32(19-40-30)13-3-4-21-14-24(33)7-9-26(21)32/h6-7,9-12,14-15,20,23,25,29,41H,3-5,8,13,16-19H2,1-2H3/b12-10+/t20-,23+,25-,29+,32+/m1/s1. The molecule has 2 aliphatic heterocycles. The number of benzene rings is 2. The summed E-state index contributed by atoms with van der Waals surface area (Å²) in [5.74, 6) is 0.214. The number of amides is 1. The van der Waals surface area contributed by atoms with Gasteiger partial charge in [-0.3, -0.25) is 13.8 Å². The SMILES string of the molecule is CO[C@H]1/C=C/C(=O)[C@H](C)C/[SH](=O)=N\C(=O)c2ccc3c(c2)N(C[C@@H]2CC[C@H]21)C[C@@]1(CCCc2cc(Cl)ccc21)CO3. The summed E-state index contributed by atoms with van der Waals surface area (Å²) in [6, 6.07) is 11.6. The molecule has 4 aliphatic rings. The molecule has 1 fully saturated rings. The summed E-state index contributed by atoms with van der Waals surface area (Å²) in [6.45, 7) is 3.77. The molecule has 2 bridgehead atoms. The fourth-order valence-corrected chi connectivity index (χ4v) is 8.30. The zero-order chi connectivity index (χ0) is 28.7. The van der Waals surface area contributed by atoms with Crippen LogP contribution in [0.1, 0.15) is 54.1 Å². The van der Waals surface area contributed by atoms with Crippen molar-refractivity contribution in [3.63, 3.8) is 0 Å². The number of carbonyl (C=O) groups is 2. The van der Waals surface area contributed by atoms with Gasteiger partial charge in [-0.15, -0.1) is 0 Å². The van der Waals surface area contributed by atoms with E-state index in [1.54, 1.807) is 26.2 Å². The molecule has 1 saturated carbocycles. The van der Waals surface area contributed by atoms with E-state index in [4.69, 9.17) is 21.1 Å². The Balaban J connectivity index is 1.44. The number of hydrogen-bond donors (Lipinski definition) is 1. The lowest BCUT2D eigenvalue weighted by Crippen LogP contribution is -2.49. The van der Waals surface area contributed by atoms with E-state index in [0.29, 0.717) is 18.1 Å². The number of rotatable bonds is 1. The Labute approximate surface area is 248 Å². The number of hydrogen-bond acceptors (Lipinski definition) is 6. The summed E-state index contributed by atoms with van der Waals surface area (Å²) in [5, 5.41) is 0.748. The lowest BCUT2D eigenvalue weighted by molar-refractivity contribution is -0.117. The molecule has 9 heteroatoms. The van der Waals surface area contributed by atoms with E-state index in [2.05, 4.69) is 21.4 Å². The Hall–Kier alpha value is -2.68. The highest BCUT2D eigenvalue weighted by molar-refractivity contribution is 7.75. The Bertz CT molecular complexity index is 1480. The van der Waals surface area contributed by atoms with Gasteiger partial charge in [0, 0.05) is 58.5 Å². The Morgan fingerprint density at radius 3 is 2.80 bits per heavy atom. The molecule has 6 rings (SSSR count). The maximum absolute atomic E-state index is 13.1. The highest BCUT2D eigenvalue weighted by Crippen LogP contribution is 2.47. The molecular weight excluding hydrogens is 560 g/mol. The Morgan fingerprint density at radius 2 is 2.02 bits per heavy atom. The van der Waals surface area contributed by atoms with Gasteiger partial charge in [0.25, 0.3) is 5.91 Å². The molecule has 218 valence electrons. The Morgan fingerprint density at radius 1 is 1.17 bits per heavy atom. The predicted octanol–water partition coefficient (Wildman–Crippen LogP) is 5.43. The molecule has 0 saturated heterocycles. The van der Waals surface area contributed by atoms with Gasteiger partial charge < -0.3 is 14.4 Å². The molecule has 2 aromatic carbocycles. The quantitative estimate of drug-likeness (QED) is 0.442. The van der Waals surface area contributed by atoms with Gasteiger partial charge in [-0.2, -0.15) is 4.36 Å². The van der Waals surface area contributed by atoms with Crippen LogP contribution >= 0.6 is 11.6 Å². The summed E-state index contributed by atoms with van der Waals surface area (Å²) in [4.78, 5) is 28.3. The normalized spacial score (nSPS) is 33.0. The highest BCUT2D eigenvalue weighted by atomic mass is 35.5. The van der Waals surface area contributed by atoms with Crippen LogP contribution in [0, 0.1) is 17.8 Å². The van der Waals surface area contributed by atoms with Crippen molar-refractivity contribution in [2.24, 2.45) is 22.1 Å². The van der Waals surface area contributed by atoms with Gasteiger partial charge in [-0.1, -0.05) is 30.7 Å². The average molecular weight is 597 g/mol. The number of nitrogens with zero attached hydrogens (tertiary/aromatic N) is 2. The van der Waals surface area contributed by atoms with Gasteiger partial charge in [0.15, 0.2) is 5.78 Å². The first kappa shape index (κ1) is 28.4. The predicted molar refractivity (Wildman–Crippen MR) is 162 cm³/mol. The van der Waals surface area contributed by atoms with E-state index >= 15 is 0 Å². The van der Waals surface area contributed by atoms with Crippen LogP contribution in [0.25, 0.3) is 0 Å². The second-order valence-electron chi connectivity index (χ2n) is 12.1. The van der Waals surface area contributed by atoms with Crippen LogP contribution in [0.15, 0.2) is 52.9 Å². The van der Waals surface area contributed by atoms with Crippen molar-refractivity contribution in [1.82, 2.24) is 0 Å². The van der Waals surface area contributed by atoms with Crippen molar-refractivity contribution in [3.8, 4) is 5.75 Å². The zero-order valence-corrected chi connectivity index (χ0v) is 25.2. The first-order valence-corrected chi connectivity index (χ1v) is 16.3. The zero-order valence-electron chi connectivity index (χ0n) is 23.6. The van der Waals surface area contributed by atoms with Crippen LogP contribution < -0.4 is 9.64 Å². The summed E-state index contributed by atoms with van der Waals surface area (Å²) in [6.07, 6.45) is 8.34. The van der Waals surface area contributed by atoms with Crippen molar-refractivity contribution in [2.75, 3.05) is 37.5 Å². The number of ketones is 1. The highest BCUT2D eigenvalue weighted by Gasteiger charge is 2.44. The molecule has 1 spiro atoms. The van der Waals surface area contributed by atoms with E-state index in [0.717, 1.165) is 61.7 Å². The second-order valence-corrected chi connectivity index (χ2v) is 13.8. The molecule has 2 aromatic rings. The van der Waals surface area contributed by atoms with Crippen LogP contribution in [-0.2, 0) is 32.0 Å². The number of anilines is 1. The smallest absolute Gasteiger partial charge is 0.284 e. The number of aryl methyl sites for hydroxylation is 1. The van der Waals surface area contributed by atoms with Gasteiger partial charge >= 0.3 is 0 Å². The molecule has 7 nitrogen and oxygen atoms in total. The molecular formula is C32H37ClN2O5S. The lowest BCUT2D eigenvalue weighted by atomic mass is 9.68. The summed E-state index contributed by atoms with van der Waals surface area (Å²) in [5.41, 5.74) is 3.57. The molecule has 1 unspecified atom stereocenters. The van der Waals surface area contributed by atoms with E-state index in [-0.39, 0.29) is 29.0 Å². The third-order valence-corrected chi connectivity index (χ3v) is 11.0. The number of methoxy groups -OCH3 is 1. The lowest BCUT2D eigenvalue weighted by Gasteiger charge is -2.46. The van der Waals surface area contributed by atoms with Crippen molar-refractivity contribution in [2.45, 2.75) is 50.5 Å². The first-order valence-electron chi connectivity index (χ1n) is 14.5. The van der Waals surface area contributed by atoms with Gasteiger partial charge in [0.1, 0.15) is 5.75 Å². The third kappa shape index (κ3) is 5.58. The molecule has 0 N–H and O–H groups in total. The number of carbonyl (C=O) groups excluding carboxylic acids is 2. The van der Waals surface area contributed by atoms with Crippen LogP contribution in [0.4, 0.5) is 5.69 Å². The minimum absolute atomic E-state index is 0.0278. The minimum Gasteiger partial charge on any atom is -0.490 e. The number of thiol groups is 1. The molecule has 0 aromatic heterocycles. The minimum atomic E-state index is -2.23. The fraction of sp³-hybridized carbons (Fsp3) is 0.500. The van der Waals surface area contributed by atoms with Crippen molar-refractivity contribution >= 4 is 39.6 Å². The molecule has 2 heterocycles. The van der Waals surface area contributed by atoms with Gasteiger partial charge in [-0.25, -0.2) is 0 Å². The summed E-state index contributed by atoms with van der Waals surface area (Å²) >= 11 is 6.39. The Kier molecular flexibility index (Phi) is 8.00. The molecule has 2 aliphatic carbocycles. The molecule has 1 amide bonds.